The molecule has 0 saturated carbocycles. The van der Waals surface area contributed by atoms with Crippen LogP contribution in [0.4, 0.5) is 5.00 Å². The third-order valence-electron chi connectivity index (χ3n) is 3.81. The molecule has 3 aromatic rings. The molecule has 1 heterocycles. The SMILES string of the molecule is CS(=O)(=O)c1ccccc1C(=O)Nc1sc(-c2ccccc2)cc1C(N)=O. The lowest BCUT2D eigenvalue weighted by Gasteiger charge is -2.08. The van der Waals surface area contributed by atoms with Gasteiger partial charge in [-0.25, -0.2) is 8.42 Å². The van der Waals surface area contributed by atoms with Crippen LogP contribution in [0.2, 0.25) is 0 Å². The number of amides is 2. The zero-order valence-electron chi connectivity index (χ0n) is 14.3. The van der Waals surface area contributed by atoms with Gasteiger partial charge in [0.1, 0.15) is 5.00 Å². The van der Waals surface area contributed by atoms with Gasteiger partial charge in [0.15, 0.2) is 9.84 Å². The highest BCUT2D eigenvalue weighted by Crippen LogP contribution is 2.35. The molecule has 27 heavy (non-hydrogen) atoms. The number of sulfone groups is 1. The van der Waals surface area contributed by atoms with Crippen molar-refractivity contribution in [3.63, 3.8) is 0 Å². The third kappa shape index (κ3) is 4.07. The van der Waals surface area contributed by atoms with Crippen molar-refractivity contribution >= 4 is 38.0 Å². The Hall–Kier alpha value is -2.97. The Morgan fingerprint density at radius 3 is 2.22 bits per heavy atom. The van der Waals surface area contributed by atoms with Gasteiger partial charge in [0.2, 0.25) is 0 Å². The highest BCUT2D eigenvalue weighted by Gasteiger charge is 2.21. The predicted octanol–water partition coefficient (Wildman–Crippen LogP) is 3.17. The first-order valence-electron chi connectivity index (χ1n) is 7.87. The second-order valence-electron chi connectivity index (χ2n) is 5.81. The van der Waals surface area contributed by atoms with Crippen LogP contribution in [-0.2, 0) is 9.84 Å². The number of nitrogens with one attached hydrogen (secondary N) is 1. The van der Waals surface area contributed by atoms with Gasteiger partial charge >= 0.3 is 0 Å². The van der Waals surface area contributed by atoms with E-state index in [2.05, 4.69) is 5.32 Å². The average Bonchev–Trinajstić information content (AvgIpc) is 3.06. The number of nitrogens with two attached hydrogens (primary N) is 1. The van der Waals surface area contributed by atoms with Gasteiger partial charge in [-0.1, -0.05) is 42.5 Å². The molecule has 1 aromatic heterocycles. The van der Waals surface area contributed by atoms with Gasteiger partial charge in [-0.05, 0) is 23.8 Å². The quantitative estimate of drug-likeness (QED) is 0.686. The maximum absolute atomic E-state index is 12.7. The molecule has 2 aromatic carbocycles. The topological polar surface area (TPSA) is 106 Å². The Balaban J connectivity index is 2.00. The van der Waals surface area contributed by atoms with Crippen LogP contribution >= 0.6 is 11.3 Å². The van der Waals surface area contributed by atoms with Crippen molar-refractivity contribution in [2.24, 2.45) is 5.73 Å². The second-order valence-corrected chi connectivity index (χ2v) is 8.84. The summed E-state index contributed by atoms with van der Waals surface area (Å²) < 4.78 is 23.8. The van der Waals surface area contributed by atoms with Crippen molar-refractivity contribution < 1.29 is 18.0 Å². The third-order valence-corrected chi connectivity index (χ3v) is 6.07. The fourth-order valence-corrected chi connectivity index (χ4v) is 4.51. The van der Waals surface area contributed by atoms with Crippen LogP contribution in [-0.4, -0.2) is 26.5 Å². The fraction of sp³-hybridized carbons (Fsp3) is 0.0526. The van der Waals surface area contributed by atoms with Crippen LogP contribution in [0, 0.1) is 0 Å². The minimum atomic E-state index is -3.58. The lowest BCUT2D eigenvalue weighted by molar-refractivity contribution is 0.100. The van der Waals surface area contributed by atoms with Gasteiger partial charge in [0, 0.05) is 11.1 Å². The summed E-state index contributed by atoms with van der Waals surface area (Å²) >= 11 is 1.20. The highest BCUT2D eigenvalue weighted by atomic mass is 32.2. The highest BCUT2D eigenvalue weighted by molar-refractivity contribution is 7.90. The second kappa shape index (κ2) is 7.34. The molecule has 0 spiro atoms. The van der Waals surface area contributed by atoms with Crippen molar-refractivity contribution in [3.05, 3.63) is 71.8 Å². The number of thiophene rings is 1. The van der Waals surface area contributed by atoms with E-state index in [0.717, 1.165) is 16.7 Å². The van der Waals surface area contributed by atoms with Crippen LogP contribution in [0.3, 0.4) is 0 Å². The first-order valence-corrected chi connectivity index (χ1v) is 10.6. The summed E-state index contributed by atoms with van der Waals surface area (Å²) in [6, 6.07) is 16.9. The molecule has 0 aliphatic heterocycles. The molecule has 0 saturated heterocycles. The van der Waals surface area contributed by atoms with Crippen molar-refractivity contribution in [3.8, 4) is 10.4 Å². The van der Waals surface area contributed by atoms with Gasteiger partial charge in [0.05, 0.1) is 16.0 Å². The Labute approximate surface area is 160 Å². The van der Waals surface area contributed by atoms with Crippen molar-refractivity contribution in [2.45, 2.75) is 4.90 Å². The number of rotatable bonds is 5. The molecular weight excluding hydrogens is 384 g/mol. The molecule has 3 N–H and O–H groups in total. The minimum Gasteiger partial charge on any atom is -0.366 e. The van der Waals surface area contributed by atoms with E-state index in [9.17, 15) is 18.0 Å². The number of carbonyl (C=O) groups is 2. The van der Waals surface area contributed by atoms with Crippen molar-refractivity contribution in [2.75, 3.05) is 11.6 Å². The van der Waals surface area contributed by atoms with Gasteiger partial charge in [-0.3, -0.25) is 9.59 Å². The molecule has 0 aliphatic carbocycles. The largest absolute Gasteiger partial charge is 0.366 e. The number of primary amides is 1. The van der Waals surface area contributed by atoms with Crippen molar-refractivity contribution in [1.82, 2.24) is 0 Å². The minimum absolute atomic E-state index is 0.00471. The van der Waals surface area contributed by atoms with Crippen LogP contribution in [0.1, 0.15) is 20.7 Å². The van der Waals surface area contributed by atoms with E-state index in [1.807, 2.05) is 30.3 Å². The molecular formula is C19H16N2O4S2. The molecule has 0 bridgehead atoms. The molecule has 0 unspecified atom stereocenters. The molecule has 6 nitrogen and oxygen atoms in total. The van der Waals surface area contributed by atoms with Crippen LogP contribution in [0.5, 0.6) is 0 Å². The van der Waals surface area contributed by atoms with Crippen LogP contribution < -0.4 is 11.1 Å². The molecule has 0 fully saturated rings. The van der Waals surface area contributed by atoms with E-state index in [0.29, 0.717) is 0 Å². The van der Waals surface area contributed by atoms with E-state index >= 15 is 0 Å². The molecule has 0 atom stereocenters. The maximum atomic E-state index is 12.7. The summed E-state index contributed by atoms with van der Waals surface area (Å²) in [7, 11) is -3.58. The van der Waals surface area contributed by atoms with E-state index in [4.69, 9.17) is 5.73 Å². The van der Waals surface area contributed by atoms with Gasteiger partial charge in [-0.15, -0.1) is 11.3 Å². The monoisotopic (exact) mass is 400 g/mol. The van der Waals surface area contributed by atoms with E-state index < -0.39 is 21.7 Å². The first-order chi connectivity index (χ1) is 12.8. The summed E-state index contributed by atoms with van der Waals surface area (Å²) in [6.07, 6.45) is 1.03. The summed E-state index contributed by atoms with van der Waals surface area (Å²) in [4.78, 5) is 25.2. The van der Waals surface area contributed by atoms with Gasteiger partial charge < -0.3 is 11.1 Å². The van der Waals surface area contributed by atoms with Crippen molar-refractivity contribution in [1.29, 1.82) is 0 Å². The predicted molar refractivity (Wildman–Crippen MR) is 106 cm³/mol. The van der Waals surface area contributed by atoms with E-state index in [1.165, 1.54) is 23.5 Å². The molecule has 138 valence electrons. The molecule has 8 heteroatoms. The smallest absolute Gasteiger partial charge is 0.257 e. The number of anilines is 1. The fourth-order valence-electron chi connectivity index (χ4n) is 2.56. The zero-order chi connectivity index (χ0) is 19.6. The number of hydrogen-bond acceptors (Lipinski definition) is 5. The molecule has 0 radical (unpaired) electrons. The Bertz CT molecular complexity index is 1120. The summed E-state index contributed by atoms with van der Waals surface area (Å²) in [5, 5.41) is 2.90. The van der Waals surface area contributed by atoms with E-state index in [-0.39, 0.29) is 21.0 Å². The Morgan fingerprint density at radius 2 is 1.59 bits per heavy atom. The van der Waals surface area contributed by atoms with Gasteiger partial charge in [-0.2, -0.15) is 0 Å². The maximum Gasteiger partial charge on any atom is 0.257 e. The Morgan fingerprint density at radius 1 is 0.963 bits per heavy atom. The van der Waals surface area contributed by atoms with Crippen LogP contribution in [0.25, 0.3) is 10.4 Å². The number of benzene rings is 2. The summed E-state index contributed by atoms with van der Waals surface area (Å²) in [5.74, 6) is -1.31. The lowest BCUT2D eigenvalue weighted by atomic mass is 10.1. The lowest BCUT2D eigenvalue weighted by Crippen LogP contribution is -2.18. The number of carbonyl (C=O) groups excluding carboxylic acids is 2. The average molecular weight is 400 g/mol. The normalized spacial score (nSPS) is 11.1. The van der Waals surface area contributed by atoms with E-state index in [1.54, 1.807) is 18.2 Å². The summed E-state index contributed by atoms with van der Waals surface area (Å²) in [5.41, 5.74) is 6.49. The van der Waals surface area contributed by atoms with Crippen LogP contribution in [0.15, 0.2) is 65.6 Å². The molecule has 3 rings (SSSR count). The molecule has 0 aliphatic rings. The van der Waals surface area contributed by atoms with Gasteiger partial charge in [0.25, 0.3) is 11.8 Å². The standard InChI is InChI=1S/C19H16N2O4S2/c1-27(24,25)16-10-6-5-9-13(16)18(23)21-19-14(17(20)22)11-15(26-19)12-7-3-2-4-8-12/h2-11H,1H3,(H2,20,22)(H,21,23). The Kier molecular flexibility index (Phi) is 5.11. The molecule has 2 amide bonds. The first kappa shape index (κ1) is 18.8. The summed E-state index contributed by atoms with van der Waals surface area (Å²) in [6.45, 7) is 0. The zero-order valence-corrected chi connectivity index (χ0v) is 15.9. The number of hydrogen-bond donors (Lipinski definition) is 2.